The van der Waals surface area contributed by atoms with Gasteiger partial charge in [-0.3, -0.25) is 0 Å². The summed E-state index contributed by atoms with van der Waals surface area (Å²) < 4.78 is 0. The van der Waals surface area contributed by atoms with Crippen LogP contribution in [-0.2, 0) is 0 Å². The van der Waals surface area contributed by atoms with Gasteiger partial charge in [0.1, 0.15) is 0 Å². The Bertz CT molecular complexity index is 65.0. The topological polar surface area (TPSA) is 0 Å². The van der Waals surface area contributed by atoms with E-state index in [0.29, 0.717) is 0 Å². The Labute approximate surface area is 33.9 Å². The summed E-state index contributed by atoms with van der Waals surface area (Å²) in [4.78, 5) is 0. The number of hydrogen-bond donors (Lipinski definition) is 0. The van der Waals surface area contributed by atoms with Crippen LogP contribution in [-0.4, -0.2) is 12.8 Å². The molecule has 1 aliphatic rings. The molecule has 0 amide bonds. The average Bonchev–Trinajstić information content (AvgIpc) is 1.76. The Morgan fingerprint density at radius 1 is 1.80 bits per heavy atom. The minimum atomic E-state index is 1.24. The van der Waals surface area contributed by atoms with Crippen LogP contribution in [0.3, 0.4) is 0 Å². The normalized spacial score (nSPS) is 19.2. The van der Waals surface area contributed by atoms with Crippen molar-refractivity contribution in [2.24, 2.45) is 0 Å². The summed E-state index contributed by atoms with van der Waals surface area (Å²) in [7, 11) is 1.46. The molecule has 0 spiro atoms. The molecule has 0 fully saturated rings. The molecule has 5 heavy (non-hydrogen) atoms. The maximum absolute atomic E-state index is 2.17. The quantitative estimate of drug-likeness (QED) is 0.303. The first kappa shape index (κ1) is 3.30. The standard InChI is InChI=1S/C3H4BP/c1-2-4-5-3-1/h1-2H,3H2. The van der Waals surface area contributed by atoms with Crippen LogP contribution in [0.1, 0.15) is 0 Å². The molecule has 2 heteroatoms. The van der Waals surface area contributed by atoms with E-state index in [0.717, 1.165) is 0 Å². The molecule has 0 nitrogen and oxygen atoms in total. The van der Waals surface area contributed by atoms with Crippen LogP contribution < -0.4 is 0 Å². The molecular weight excluding hydrogens is 77.8 g/mol. The van der Waals surface area contributed by atoms with E-state index in [1.165, 1.54) is 14.2 Å². The molecule has 1 rings (SSSR count). The molecule has 0 aliphatic carbocycles. The van der Waals surface area contributed by atoms with Crippen LogP contribution >= 0.6 is 8.07 Å². The molecule has 0 aromatic carbocycles. The molecule has 0 bridgehead atoms. The first-order chi connectivity index (χ1) is 2.50. The van der Waals surface area contributed by atoms with E-state index in [-0.39, 0.29) is 0 Å². The Kier molecular flexibility index (Phi) is 1.00. The molecule has 0 N–H and O–H groups in total. The fourth-order valence-corrected chi connectivity index (χ4v) is 0.913. The van der Waals surface area contributed by atoms with Gasteiger partial charge in [0.15, 0.2) is 0 Å². The summed E-state index contributed by atoms with van der Waals surface area (Å²) in [5.41, 5.74) is 0. The fraction of sp³-hybridized carbons (Fsp3) is 0.333. The van der Waals surface area contributed by atoms with E-state index >= 15 is 0 Å². The zero-order chi connectivity index (χ0) is 3.54. The molecular formula is C3H4BP. The Morgan fingerprint density at radius 2 is 2.80 bits per heavy atom. The molecule has 0 atom stereocenters. The Hall–Kier alpha value is 0.105. The van der Waals surface area contributed by atoms with Gasteiger partial charge in [0.2, 0.25) is 0 Å². The number of rotatable bonds is 0. The van der Waals surface area contributed by atoms with Crippen LogP contribution in [0.4, 0.5) is 0 Å². The second-order valence-electron chi connectivity index (χ2n) is 0.942. The van der Waals surface area contributed by atoms with E-state index < -0.39 is 0 Å². The Morgan fingerprint density at radius 3 is 3.00 bits per heavy atom. The van der Waals surface area contributed by atoms with Gasteiger partial charge in [-0.25, -0.2) is 0 Å². The van der Waals surface area contributed by atoms with Crippen LogP contribution in [0.15, 0.2) is 12.1 Å². The zero-order valence-corrected chi connectivity index (χ0v) is 3.78. The first-order valence-electron chi connectivity index (χ1n) is 1.65. The van der Waals surface area contributed by atoms with Gasteiger partial charge in [0.05, 0.1) is 0 Å². The third kappa shape index (κ3) is 0.698. The van der Waals surface area contributed by atoms with E-state index in [1.807, 2.05) is 0 Å². The summed E-state index contributed by atoms with van der Waals surface area (Å²) in [5, 5.41) is 0. The second-order valence-corrected chi connectivity index (χ2v) is 1.97. The van der Waals surface area contributed by atoms with Crippen LogP contribution in [0.5, 0.6) is 0 Å². The minimum absolute atomic E-state index is 1.24. The van der Waals surface area contributed by atoms with Crippen molar-refractivity contribution in [3.05, 3.63) is 12.1 Å². The third-order valence-electron chi connectivity index (χ3n) is 0.538. The molecule has 0 aromatic rings. The summed E-state index contributed by atoms with van der Waals surface area (Å²) in [6, 6.07) is 0. The van der Waals surface area contributed by atoms with Crippen molar-refractivity contribution in [2.45, 2.75) is 0 Å². The van der Waals surface area contributed by atoms with Gasteiger partial charge in [0.25, 0.3) is 0 Å². The van der Waals surface area contributed by atoms with Gasteiger partial charge in [-0.05, 0) is 0 Å². The van der Waals surface area contributed by atoms with Crippen LogP contribution in [0.25, 0.3) is 0 Å². The average molecular weight is 81.9 g/mol. The first-order valence-corrected chi connectivity index (χ1v) is 2.80. The van der Waals surface area contributed by atoms with E-state index in [2.05, 4.69) is 18.7 Å². The van der Waals surface area contributed by atoms with Gasteiger partial charge >= 0.3 is 32.9 Å². The van der Waals surface area contributed by atoms with Crippen molar-refractivity contribution in [3.63, 3.8) is 0 Å². The van der Waals surface area contributed by atoms with Crippen molar-refractivity contribution in [3.8, 4) is 0 Å². The van der Waals surface area contributed by atoms with Gasteiger partial charge < -0.3 is 0 Å². The second kappa shape index (κ2) is 1.52. The molecule has 0 unspecified atom stereocenters. The van der Waals surface area contributed by atoms with Crippen molar-refractivity contribution < 1.29 is 0 Å². The van der Waals surface area contributed by atoms with Crippen molar-refractivity contribution in [1.82, 2.24) is 0 Å². The predicted molar refractivity (Wildman–Crippen MR) is 26.7 cm³/mol. The monoisotopic (exact) mass is 82.0 g/mol. The molecule has 0 radical (unpaired) electrons. The van der Waals surface area contributed by atoms with Crippen LogP contribution in [0.2, 0.25) is 0 Å². The summed E-state index contributed by atoms with van der Waals surface area (Å²) in [6.45, 7) is 2.15. The van der Waals surface area contributed by atoms with Crippen molar-refractivity contribution >= 4 is 14.7 Å². The fourth-order valence-electron chi connectivity index (χ4n) is 0.304. The van der Waals surface area contributed by atoms with Crippen molar-refractivity contribution in [1.29, 1.82) is 0 Å². The molecule has 1 heterocycles. The van der Waals surface area contributed by atoms with Gasteiger partial charge in [-0.2, -0.15) is 0 Å². The van der Waals surface area contributed by atoms with Crippen LogP contribution in [0, 0.1) is 0 Å². The zero-order valence-electron chi connectivity index (χ0n) is 2.89. The number of allylic oxidation sites excluding steroid dienone is 1. The molecule has 0 saturated heterocycles. The van der Waals surface area contributed by atoms with Crippen molar-refractivity contribution in [2.75, 3.05) is 6.16 Å². The maximum atomic E-state index is 2.17. The molecule has 0 saturated carbocycles. The Balaban J connectivity index is 2.61. The molecule has 24 valence electrons. The van der Waals surface area contributed by atoms with Gasteiger partial charge in [-0.15, -0.1) is 0 Å². The predicted octanol–water partition coefficient (Wildman–Crippen LogP) is 1.08. The third-order valence-corrected chi connectivity index (χ3v) is 1.34. The number of hydrogen-bond acceptors (Lipinski definition) is 0. The summed E-state index contributed by atoms with van der Waals surface area (Å²) in [6.07, 6.45) is 3.40. The van der Waals surface area contributed by atoms with Gasteiger partial charge in [-0.1, -0.05) is 0 Å². The summed E-state index contributed by atoms with van der Waals surface area (Å²) >= 11 is 0. The molecule has 1 aliphatic heterocycles. The van der Waals surface area contributed by atoms with Gasteiger partial charge in [0, 0.05) is 0 Å². The van der Waals surface area contributed by atoms with E-state index in [9.17, 15) is 0 Å². The SMILES string of the molecule is B1=PCC=C1. The van der Waals surface area contributed by atoms with E-state index in [4.69, 9.17) is 0 Å². The summed E-state index contributed by atoms with van der Waals surface area (Å²) in [5.74, 6) is 2.10. The molecule has 0 aromatic heterocycles. The van der Waals surface area contributed by atoms with E-state index in [1.54, 1.807) is 0 Å².